The fourth-order valence-electron chi connectivity index (χ4n) is 2.81. The van der Waals surface area contributed by atoms with Gasteiger partial charge in [0.1, 0.15) is 5.82 Å². The largest absolute Gasteiger partial charge is 0.288 e. The number of nitrogens with zero attached hydrogens (tertiary/aromatic N) is 2. The van der Waals surface area contributed by atoms with Crippen molar-refractivity contribution in [2.24, 2.45) is 0 Å². The molecule has 0 unspecified atom stereocenters. The molecule has 0 fully saturated rings. The third kappa shape index (κ3) is 4.83. The van der Waals surface area contributed by atoms with Gasteiger partial charge in [0.15, 0.2) is 0 Å². The Labute approximate surface area is 169 Å². The molecule has 138 valence electrons. The Morgan fingerprint density at radius 1 is 0.963 bits per heavy atom. The molecule has 0 N–H and O–H groups in total. The number of rotatable bonds is 4. The molecule has 0 aliphatic heterocycles. The molecule has 27 heavy (non-hydrogen) atoms. The van der Waals surface area contributed by atoms with Crippen molar-refractivity contribution in [2.75, 3.05) is 4.90 Å². The van der Waals surface area contributed by atoms with E-state index in [4.69, 9.17) is 0 Å². The van der Waals surface area contributed by atoms with E-state index >= 15 is 0 Å². The summed E-state index contributed by atoms with van der Waals surface area (Å²) in [4.78, 5) is 19.3. The molecule has 0 saturated carbocycles. The standard InChI is InChI=1S/C23H23BrN2O/c1-23(2,3)19-11-7-17(8-12-19)16-26(21-6-4-5-15-25-21)22(27)18-9-13-20(24)14-10-18/h4-15H,16H2,1-3H3. The maximum Gasteiger partial charge on any atom is 0.259 e. The number of benzene rings is 2. The number of aromatic nitrogens is 1. The van der Waals surface area contributed by atoms with Crippen LogP contribution in [-0.4, -0.2) is 10.9 Å². The van der Waals surface area contributed by atoms with Gasteiger partial charge < -0.3 is 0 Å². The van der Waals surface area contributed by atoms with Gasteiger partial charge in [-0.05, 0) is 52.9 Å². The highest BCUT2D eigenvalue weighted by atomic mass is 79.9. The summed E-state index contributed by atoms with van der Waals surface area (Å²) in [6.07, 6.45) is 1.71. The van der Waals surface area contributed by atoms with Crippen LogP contribution in [0.15, 0.2) is 77.4 Å². The lowest BCUT2D eigenvalue weighted by Gasteiger charge is -2.23. The van der Waals surface area contributed by atoms with Gasteiger partial charge >= 0.3 is 0 Å². The van der Waals surface area contributed by atoms with Crippen molar-refractivity contribution in [1.29, 1.82) is 0 Å². The molecule has 3 rings (SSSR count). The molecule has 0 atom stereocenters. The van der Waals surface area contributed by atoms with Crippen LogP contribution in [-0.2, 0) is 12.0 Å². The van der Waals surface area contributed by atoms with Gasteiger partial charge in [-0.2, -0.15) is 0 Å². The van der Waals surface area contributed by atoms with Crippen LogP contribution in [0.1, 0.15) is 42.3 Å². The van der Waals surface area contributed by atoms with Crippen LogP contribution in [0.5, 0.6) is 0 Å². The molecule has 0 spiro atoms. The van der Waals surface area contributed by atoms with Gasteiger partial charge in [0.05, 0.1) is 6.54 Å². The first-order valence-corrected chi connectivity index (χ1v) is 9.72. The van der Waals surface area contributed by atoms with Crippen molar-refractivity contribution in [3.63, 3.8) is 0 Å². The molecule has 3 aromatic rings. The number of hydrogen-bond acceptors (Lipinski definition) is 2. The van der Waals surface area contributed by atoms with E-state index in [9.17, 15) is 4.79 Å². The first-order chi connectivity index (χ1) is 12.8. The summed E-state index contributed by atoms with van der Waals surface area (Å²) in [6, 6.07) is 21.5. The maximum atomic E-state index is 13.2. The van der Waals surface area contributed by atoms with Gasteiger partial charge in [-0.15, -0.1) is 0 Å². The van der Waals surface area contributed by atoms with Gasteiger partial charge in [0.25, 0.3) is 5.91 Å². The molecular formula is C23H23BrN2O. The number of hydrogen-bond donors (Lipinski definition) is 0. The van der Waals surface area contributed by atoms with Crippen molar-refractivity contribution < 1.29 is 4.79 Å². The Bertz CT molecular complexity index is 898. The molecule has 1 amide bonds. The minimum absolute atomic E-state index is 0.0684. The zero-order valence-electron chi connectivity index (χ0n) is 15.8. The summed E-state index contributed by atoms with van der Waals surface area (Å²) in [5.41, 5.74) is 3.08. The van der Waals surface area contributed by atoms with Crippen LogP contribution in [0.3, 0.4) is 0 Å². The Kier molecular flexibility index (Phi) is 5.76. The minimum atomic E-state index is -0.0684. The number of pyridine rings is 1. The van der Waals surface area contributed by atoms with Crippen molar-refractivity contribution in [2.45, 2.75) is 32.7 Å². The molecule has 1 aromatic heterocycles. The van der Waals surface area contributed by atoms with Gasteiger partial charge in [-0.1, -0.05) is 67.0 Å². The molecule has 1 heterocycles. The van der Waals surface area contributed by atoms with E-state index < -0.39 is 0 Å². The molecule has 0 aliphatic carbocycles. The normalized spacial score (nSPS) is 11.3. The summed E-state index contributed by atoms with van der Waals surface area (Å²) in [5, 5.41) is 0. The predicted molar refractivity (Wildman–Crippen MR) is 114 cm³/mol. The second-order valence-electron chi connectivity index (χ2n) is 7.53. The van der Waals surface area contributed by atoms with E-state index in [-0.39, 0.29) is 11.3 Å². The molecule has 4 heteroatoms. The fraction of sp³-hybridized carbons (Fsp3) is 0.217. The van der Waals surface area contributed by atoms with Crippen LogP contribution in [0.4, 0.5) is 5.82 Å². The van der Waals surface area contributed by atoms with Crippen molar-refractivity contribution in [1.82, 2.24) is 4.98 Å². The molecular weight excluding hydrogens is 400 g/mol. The summed E-state index contributed by atoms with van der Waals surface area (Å²) in [7, 11) is 0. The van der Waals surface area contributed by atoms with Crippen LogP contribution in [0.2, 0.25) is 0 Å². The van der Waals surface area contributed by atoms with Crippen LogP contribution in [0.25, 0.3) is 0 Å². The molecule has 0 bridgehead atoms. The van der Waals surface area contributed by atoms with Gasteiger partial charge in [-0.3, -0.25) is 9.69 Å². The number of carbonyl (C=O) groups excluding carboxylic acids is 1. The molecule has 0 aliphatic rings. The number of anilines is 1. The zero-order valence-corrected chi connectivity index (χ0v) is 17.4. The van der Waals surface area contributed by atoms with Crippen molar-refractivity contribution in [3.05, 3.63) is 94.1 Å². The SMILES string of the molecule is CC(C)(C)c1ccc(CN(C(=O)c2ccc(Br)cc2)c2ccccn2)cc1. The summed E-state index contributed by atoms with van der Waals surface area (Å²) in [6.45, 7) is 7.05. The number of amides is 1. The smallest absolute Gasteiger partial charge is 0.259 e. The highest BCUT2D eigenvalue weighted by Crippen LogP contribution is 2.24. The van der Waals surface area contributed by atoms with E-state index in [1.165, 1.54) is 5.56 Å². The monoisotopic (exact) mass is 422 g/mol. The average Bonchev–Trinajstić information content (AvgIpc) is 2.66. The van der Waals surface area contributed by atoms with Crippen molar-refractivity contribution in [3.8, 4) is 0 Å². The topological polar surface area (TPSA) is 33.2 Å². The van der Waals surface area contributed by atoms with Crippen LogP contribution >= 0.6 is 15.9 Å². The lowest BCUT2D eigenvalue weighted by Crippen LogP contribution is -2.31. The van der Waals surface area contributed by atoms with Crippen LogP contribution < -0.4 is 4.90 Å². The average molecular weight is 423 g/mol. The lowest BCUT2D eigenvalue weighted by atomic mass is 9.87. The molecule has 0 saturated heterocycles. The quantitative estimate of drug-likeness (QED) is 0.517. The second-order valence-corrected chi connectivity index (χ2v) is 8.45. The van der Waals surface area contributed by atoms with Crippen LogP contribution in [0, 0.1) is 0 Å². The van der Waals surface area contributed by atoms with E-state index in [0.717, 1.165) is 10.0 Å². The zero-order chi connectivity index (χ0) is 19.4. The lowest BCUT2D eigenvalue weighted by molar-refractivity contribution is 0.0984. The maximum absolute atomic E-state index is 13.2. The Morgan fingerprint density at radius 3 is 2.19 bits per heavy atom. The van der Waals surface area contributed by atoms with E-state index in [2.05, 4.69) is 66.0 Å². The predicted octanol–water partition coefficient (Wildman–Crippen LogP) is 5.99. The minimum Gasteiger partial charge on any atom is -0.288 e. The fourth-order valence-corrected chi connectivity index (χ4v) is 3.08. The Morgan fingerprint density at radius 2 is 1.63 bits per heavy atom. The number of halogens is 1. The third-order valence-electron chi connectivity index (χ3n) is 4.42. The molecule has 3 nitrogen and oxygen atoms in total. The first-order valence-electron chi connectivity index (χ1n) is 8.92. The molecule has 0 radical (unpaired) electrons. The van der Waals surface area contributed by atoms with E-state index in [1.54, 1.807) is 11.1 Å². The van der Waals surface area contributed by atoms with Gasteiger partial charge in [0, 0.05) is 16.2 Å². The summed E-state index contributed by atoms with van der Waals surface area (Å²) in [5.74, 6) is 0.575. The second kappa shape index (κ2) is 8.05. The summed E-state index contributed by atoms with van der Waals surface area (Å²) >= 11 is 3.42. The summed E-state index contributed by atoms with van der Waals surface area (Å²) < 4.78 is 0.946. The van der Waals surface area contributed by atoms with Gasteiger partial charge in [0.2, 0.25) is 0 Å². The highest BCUT2D eigenvalue weighted by molar-refractivity contribution is 9.10. The van der Waals surface area contributed by atoms with E-state index in [0.29, 0.717) is 17.9 Å². The third-order valence-corrected chi connectivity index (χ3v) is 4.95. The van der Waals surface area contributed by atoms with Gasteiger partial charge in [-0.25, -0.2) is 4.98 Å². The van der Waals surface area contributed by atoms with E-state index in [1.807, 2.05) is 42.5 Å². The Balaban J connectivity index is 1.91. The first kappa shape index (κ1) is 19.3. The van der Waals surface area contributed by atoms with Crippen molar-refractivity contribution >= 4 is 27.7 Å². The number of carbonyl (C=O) groups is 1. The molecule has 2 aromatic carbocycles. The Hall–Kier alpha value is -2.46. The highest BCUT2D eigenvalue weighted by Gasteiger charge is 2.20.